The highest BCUT2D eigenvalue weighted by Gasteiger charge is 2.25. The fourth-order valence-electron chi connectivity index (χ4n) is 9.87. The molecule has 13 rings (SSSR count). The first-order chi connectivity index (χ1) is 32.2. The zero-order chi connectivity index (χ0) is 42.8. The topological polar surface area (TPSA) is 16.4 Å². The number of rotatable bonds is 7. The standard InChI is InChI=1S/C62H39NOS/c1-4-13-40(14-5-1)47-29-33-52-53-21-12-22-57(61(53)64-58(52)38-47)63(49-31-27-42(28-32-49)46-26-25-45-24-23-44-19-10-11-20-50(44)55(45)37-46)56-36-35-51(43-17-8-3-9-18-43)62-60(56)54-34-30-48(39-59(54)65-62)41-15-6-2-7-16-41/h1-39H. The van der Waals surface area contributed by atoms with Gasteiger partial charge < -0.3 is 9.32 Å². The lowest BCUT2D eigenvalue weighted by molar-refractivity contribution is 0.669. The molecule has 0 fully saturated rings. The van der Waals surface area contributed by atoms with Crippen LogP contribution in [0.3, 0.4) is 0 Å². The molecule has 65 heavy (non-hydrogen) atoms. The van der Waals surface area contributed by atoms with Crippen LogP contribution in [-0.2, 0) is 0 Å². The molecule has 3 heteroatoms. The predicted octanol–water partition coefficient (Wildman–Crippen LogP) is 18.4. The molecule has 0 aliphatic heterocycles. The van der Waals surface area contributed by atoms with Gasteiger partial charge in [-0.05, 0) is 115 Å². The van der Waals surface area contributed by atoms with Crippen LogP contribution in [0.5, 0.6) is 0 Å². The molecule has 2 heterocycles. The van der Waals surface area contributed by atoms with E-state index in [1.165, 1.54) is 69.5 Å². The Bertz CT molecular complexity index is 3920. The molecule has 2 nitrogen and oxygen atoms in total. The maximum atomic E-state index is 7.04. The number of anilines is 3. The average Bonchev–Trinajstić information content (AvgIpc) is 3.96. The molecule has 0 saturated carbocycles. The molecule has 0 bridgehead atoms. The van der Waals surface area contributed by atoms with E-state index in [2.05, 4.69) is 241 Å². The van der Waals surface area contributed by atoms with Crippen LogP contribution in [0.25, 0.3) is 108 Å². The van der Waals surface area contributed by atoms with Gasteiger partial charge in [0.2, 0.25) is 0 Å². The number of fused-ring (bicyclic) bond motifs is 9. The van der Waals surface area contributed by atoms with Crippen molar-refractivity contribution in [1.82, 2.24) is 0 Å². The molecule has 0 N–H and O–H groups in total. The third-order valence-corrected chi connectivity index (χ3v) is 14.2. The molecule has 0 unspecified atom stereocenters. The summed E-state index contributed by atoms with van der Waals surface area (Å²) in [5, 5.41) is 9.66. The Kier molecular flexibility index (Phi) is 8.75. The highest BCUT2D eigenvalue weighted by atomic mass is 32.1. The number of benzene rings is 11. The third kappa shape index (κ3) is 6.31. The van der Waals surface area contributed by atoms with E-state index in [0.29, 0.717) is 0 Å². The fourth-order valence-corrected chi connectivity index (χ4v) is 11.2. The lowest BCUT2D eigenvalue weighted by Crippen LogP contribution is -2.10. The van der Waals surface area contributed by atoms with Gasteiger partial charge in [0.05, 0.1) is 11.4 Å². The van der Waals surface area contributed by atoms with E-state index in [1.807, 2.05) is 11.3 Å². The monoisotopic (exact) mass is 845 g/mol. The summed E-state index contributed by atoms with van der Waals surface area (Å²) in [5.74, 6) is 0. The Labute approximate surface area is 380 Å². The molecule has 304 valence electrons. The van der Waals surface area contributed by atoms with Gasteiger partial charge in [0, 0.05) is 36.6 Å². The van der Waals surface area contributed by atoms with E-state index >= 15 is 0 Å². The zero-order valence-corrected chi connectivity index (χ0v) is 36.1. The van der Waals surface area contributed by atoms with E-state index in [1.54, 1.807) is 0 Å². The van der Waals surface area contributed by atoms with Crippen molar-refractivity contribution in [2.45, 2.75) is 0 Å². The maximum Gasteiger partial charge on any atom is 0.159 e. The van der Waals surface area contributed by atoms with Crippen molar-refractivity contribution in [3.8, 4) is 44.5 Å². The average molecular weight is 846 g/mol. The number of hydrogen-bond acceptors (Lipinski definition) is 3. The van der Waals surface area contributed by atoms with Gasteiger partial charge in [0.15, 0.2) is 5.58 Å². The normalized spacial score (nSPS) is 11.7. The van der Waals surface area contributed by atoms with Crippen LogP contribution in [0, 0.1) is 0 Å². The number of para-hydroxylation sites is 1. The highest BCUT2D eigenvalue weighted by molar-refractivity contribution is 7.26. The summed E-state index contributed by atoms with van der Waals surface area (Å²) in [4.78, 5) is 2.43. The van der Waals surface area contributed by atoms with Crippen LogP contribution < -0.4 is 4.90 Å². The van der Waals surface area contributed by atoms with Crippen molar-refractivity contribution in [3.63, 3.8) is 0 Å². The summed E-state index contributed by atoms with van der Waals surface area (Å²) < 4.78 is 9.54. The second kappa shape index (κ2) is 15.2. The lowest BCUT2D eigenvalue weighted by atomic mass is 9.96. The van der Waals surface area contributed by atoms with Crippen molar-refractivity contribution in [2.75, 3.05) is 4.90 Å². The van der Waals surface area contributed by atoms with Crippen LogP contribution in [0.15, 0.2) is 241 Å². The van der Waals surface area contributed by atoms with Gasteiger partial charge in [0.1, 0.15) is 5.58 Å². The first-order valence-corrected chi connectivity index (χ1v) is 23.0. The van der Waals surface area contributed by atoms with Gasteiger partial charge in [-0.15, -0.1) is 11.3 Å². The molecule has 2 aromatic heterocycles. The molecule has 0 saturated heterocycles. The van der Waals surface area contributed by atoms with E-state index in [-0.39, 0.29) is 0 Å². The zero-order valence-electron chi connectivity index (χ0n) is 35.3. The Morgan fingerprint density at radius 1 is 0.338 bits per heavy atom. The molecular formula is C62H39NOS. The quantitative estimate of drug-likeness (QED) is 0.149. The smallest absolute Gasteiger partial charge is 0.159 e. The second-order valence-electron chi connectivity index (χ2n) is 16.8. The minimum atomic E-state index is 0.851. The fraction of sp³-hybridized carbons (Fsp3) is 0. The minimum Gasteiger partial charge on any atom is -0.454 e. The molecule has 11 aromatic carbocycles. The van der Waals surface area contributed by atoms with Crippen molar-refractivity contribution in [2.24, 2.45) is 0 Å². The predicted molar refractivity (Wildman–Crippen MR) is 278 cm³/mol. The molecule has 0 atom stereocenters. The molecule has 0 aliphatic rings. The first-order valence-electron chi connectivity index (χ1n) is 22.1. The van der Waals surface area contributed by atoms with Crippen LogP contribution in [0.2, 0.25) is 0 Å². The lowest BCUT2D eigenvalue weighted by Gasteiger charge is -2.27. The van der Waals surface area contributed by atoms with Crippen LogP contribution in [-0.4, -0.2) is 0 Å². The summed E-state index contributed by atoms with van der Waals surface area (Å²) in [6.07, 6.45) is 0. The molecule has 13 aromatic rings. The largest absolute Gasteiger partial charge is 0.454 e. The van der Waals surface area contributed by atoms with Crippen molar-refractivity contribution < 1.29 is 4.42 Å². The molecule has 0 spiro atoms. The van der Waals surface area contributed by atoms with Crippen LogP contribution >= 0.6 is 11.3 Å². The van der Waals surface area contributed by atoms with Crippen LogP contribution in [0.4, 0.5) is 17.1 Å². The summed E-state index contributed by atoms with van der Waals surface area (Å²) in [6.45, 7) is 0. The van der Waals surface area contributed by atoms with Crippen molar-refractivity contribution >= 4 is 92.1 Å². The molecular weight excluding hydrogens is 807 g/mol. The summed E-state index contributed by atoms with van der Waals surface area (Å²) in [7, 11) is 0. The molecule has 0 amide bonds. The number of nitrogens with zero attached hydrogens (tertiary/aromatic N) is 1. The van der Waals surface area contributed by atoms with E-state index in [0.717, 1.165) is 55.7 Å². The second-order valence-corrected chi connectivity index (χ2v) is 17.9. The van der Waals surface area contributed by atoms with Gasteiger partial charge in [-0.25, -0.2) is 0 Å². The Morgan fingerprint density at radius 2 is 0.908 bits per heavy atom. The first kappa shape index (κ1) is 37.3. The van der Waals surface area contributed by atoms with E-state index < -0.39 is 0 Å². The number of hydrogen-bond donors (Lipinski definition) is 0. The van der Waals surface area contributed by atoms with Crippen molar-refractivity contribution in [1.29, 1.82) is 0 Å². The van der Waals surface area contributed by atoms with Crippen molar-refractivity contribution in [3.05, 3.63) is 237 Å². The third-order valence-electron chi connectivity index (χ3n) is 13.1. The molecule has 0 aliphatic carbocycles. The number of thiophene rings is 1. The summed E-state index contributed by atoms with van der Waals surface area (Å²) in [6, 6.07) is 85.8. The van der Waals surface area contributed by atoms with E-state index in [9.17, 15) is 0 Å². The van der Waals surface area contributed by atoms with Crippen LogP contribution in [0.1, 0.15) is 0 Å². The van der Waals surface area contributed by atoms with Gasteiger partial charge in [-0.2, -0.15) is 0 Å². The van der Waals surface area contributed by atoms with Gasteiger partial charge >= 0.3 is 0 Å². The number of furan rings is 1. The summed E-state index contributed by atoms with van der Waals surface area (Å²) >= 11 is 1.87. The minimum absolute atomic E-state index is 0.851. The van der Waals surface area contributed by atoms with Gasteiger partial charge in [0.25, 0.3) is 0 Å². The Hall–Kier alpha value is -8.24. The highest BCUT2D eigenvalue weighted by Crippen LogP contribution is 2.51. The Morgan fingerprint density at radius 3 is 1.66 bits per heavy atom. The van der Waals surface area contributed by atoms with Gasteiger partial charge in [-0.1, -0.05) is 188 Å². The maximum absolute atomic E-state index is 7.04. The van der Waals surface area contributed by atoms with Gasteiger partial charge in [-0.3, -0.25) is 0 Å². The molecule has 0 radical (unpaired) electrons. The van der Waals surface area contributed by atoms with E-state index in [4.69, 9.17) is 4.42 Å². The Balaban J connectivity index is 1.04. The SMILES string of the molecule is c1ccc(-c2ccc3c(c2)oc2c(N(c4ccc(-c5ccc6ccc7ccccc7c6c5)cc4)c4ccc(-c5ccccc5)c5sc6cc(-c7ccccc7)ccc6c45)cccc23)cc1. The summed E-state index contributed by atoms with van der Waals surface area (Å²) in [5.41, 5.74) is 14.3.